The maximum absolute atomic E-state index is 11.4. The lowest BCUT2D eigenvalue weighted by atomic mass is 10.2. The molecule has 0 spiro atoms. The van der Waals surface area contributed by atoms with Gasteiger partial charge < -0.3 is 10.1 Å². The van der Waals surface area contributed by atoms with E-state index in [4.69, 9.17) is 4.74 Å². The van der Waals surface area contributed by atoms with Gasteiger partial charge in [-0.3, -0.25) is 5.10 Å². The quantitative estimate of drug-likeness (QED) is 0.786. The summed E-state index contributed by atoms with van der Waals surface area (Å²) in [7, 11) is 0. The number of aromatic nitrogens is 2. The normalized spacial score (nSPS) is 13.3. The molecule has 1 atom stereocenters. The maximum Gasteiger partial charge on any atom is 0.408 e. The molecule has 1 aromatic heterocycles. The van der Waals surface area contributed by atoms with Gasteiger partial charge >= 0.3 is 6.09 Å². The SMILES string of the molecule is C[C@@H](NC(=O)OC(C)(C)C)c1cc[nH]n1. The van der Waals surface area contributed by atoms with Crippen LogP contribution in [0.5, 0.6) is 0 Å². The molecule has 0 aliphatic carbocycles. The number of hydrogen-bond donors (Lipinski definition) is 2. The van der Waals surface area contributed by atoms with Crippen LogP contribution in [-0.2, 0) is 4.74 Å². The standard InChI is InChI=1S/C10H17N3O2/c1-7(8-5-6-11-13-8)12-9(14)15-10(2,3)4/h5-7H,1-4H3,(H,11,13)(H,12,14)/t7-/m1/s1. The third-order valence-corrected chi connectivity index (χ3v) is 1.70. The van der Waals surface area contributed by atoms with Crippen molar-refractivity contribution in [3.8, 4) is 0 Å². The third-order valence-electron chi connectivity index (χ3n) is 1.70. The molecule has 0 aliphatic rings. The Morgan fingerprint density at radius 1 is 1.60 bits per heavy atom. The third kappa shape index (κ3) is 4.01. The van der Waals surface area contributed by atoms with Gasteiger partial charge in [-0.1, -0.05) is 0 Å². The van der Waals surface area contributed by atoms with Crippen molar-refractivity contribution in [3.05, 3.63) is 18.0 Å². The summed E-state index contributed by atoms with van der Waals surface area (Å²) < 4.78 is 5.12. The van der Waals surface area contributed by atoms with Crippen LogP contribution in [0.2, 0.25) is 0 Å². The first-order chi connectivity index (χ1) is 6.88. The summed E-state index contributed by atoms with van der Waals surface area (Å²) in [6, 6.07) is 1.65. The lowest BCUT2D eigenvalue weighted by Crippen LogP contribution is -2.34. The number of nitrogens with zero attached hydrogens (tertiary/aromatic N) is 1. The first kappa shape index (κ1) is 11.6. The molecule has 0 aliphatic heterocycles. The van der Waals surface area contributed by atoms with Crippen molar-refractivity contribution < 1.29 is 9.53 Å². The Labute approximate surface area is 89.2 Å². The Morgan fingerprint density at radius 3 is 2.73 bits per heavy atom. The van der Waals surface area contributed by atoms with Crippen molar-refractivity contribution in [3.63, 3.8) is 0 Å². The second-order valence-electron chi connectivity index (χ2n) is 4.37. The van der Waals surface area contributed by atoms with Crippen molar-refractivity contribution in [1.29, 1.82) is 0 Å². The molecule has 5 heteroatoms. The lowest BCUT2D eigenvalue weighted by molar-refractivity contribution is 0.0507. The summed E-state index contributed by atoms with van der Waals surface area (Å²) in [6.07, 6.45) is 1.28. The van der Waals surface area contributed by atoms with E-state index < -0.39 is 11.7 Å². The second kappa shape index (κ2) is 4.33. The van der Waals surface area contributed by atoms with Crippen LogP contribution in [0.25, 0.3) is 0 Å². The molecule has 84 valence electrons. The molecule has 1 aromatic rings. The fourth-order valence-corrected chi connectivity index (χ4v) is 1.07. The minimum absolute atomic E-state index is 0.161. The molecule has 15 heavy (non-hydrogen) atoms. The van der Waals surface area contributed by atoms with Gasteiger partial charge in [0, 0.05) is 6.20 Å². The van der Waals surface area contributed by atoms with Gasteiger partial charge in [-0.05, 0) is 33.8 Å². The van der Waals surface area contributed by atoms with E-state index in [1.54, 1.807) is 6.20 Å². The maximum atomic E-state index is 11.4. The largest absolute Gasteiger partial charge is 0.444 e. The molecule has 0 aromatic carbocycles. The number of ether oxygens (including phenoxy) is 1. The zero-order chi connectivity index (χ0) is 11.5. The number of rotatable bonds is 2. The predicted octanol–water partition coefficient (Wildman–Crippen LogP) is 2.00. The molecule has 0 saturated carbocycles. The van der Waals surface area contributed by atoms with E-state index in [9.17, 15) is 4.79 Å². The van der Waals surface area contributed by atoms with Crippen molar-refractivity contribution in [2.24, 2.45) is 0 Å². The van der Waals surface area contributed by atoms with Crippen molar-refractivity contribution in [1.82, 2.24) is 15.5 Å². The van der Waals surface area contributed by atoms with Gasteiger partial charge in [-0.2, -0.15) is 5.10 Å². The summed E-state index contributed by atoms with van der Waals surface area (Å²) in [5.74, 6) is 0. The van der Waals surface area contributed by atoms with Crippen molar-refractivity contribution in [2.45, 2.75) is 39.3 Å². The number of nitrogens with one attached hydrogen (secondary N) is 2. The molecule has 0 saturated heterocycles. The fourth-order valence-electron chi connectivity index (χ4n) is 1.07. The Hall–Kier alpha value is -1.52. The first-order valence-corrected chi connectivity index (χ1v) is 4.87. The van der Waals surface area contributed by atoms with Gasteiger partial charge in [0.15, 0.2) is 0 Å². The summed E-state index contributed by atoms with van der Waals surface area (Å²) in [6.45, 7) is 7.32. The molecule has 0 unspecified atom stereocenters. The van der Waals surface area contributed by atoms with Crippen LogP contribution < -0.4 is 5.32 Å². The van der Waals surface area contributed by atoms with Crippen LogP contribution >= 0.6 is 0 Å². The molecule has 0 radical (unpaired) electrons. The van der Waals surface area contributed by atoms with Gasteiger partial charge in [0.25, 0.3) is 0 Å². The van der Waals surface area contributed by atoms with E-state index in [0.29, 0.717) is 0 Å². The number of hydrogen-bond acceptors (Lipinski definition) is 3. The van der Waals surface area contributed by atoms with E-state index >= 15 is 0 Å². The molecule has 1 heterocycles. The number of carbonyl (C=O) groups excluding carboxylic acids is 1. The topological polar surface area (TPSA) is 67.0 Å². The number of amides is 1. The molecule has 0 bridgehead atoms. The number of alkyl carbamates (subject to hydrolysis) is 1. The predicted molar refractivity (Wildman–Crippen MR) is 56.4 cm³/mol. The summed E-state index contributed by atoms with van der Waals surface area (Å²) in [5, 5.41) is 9.36. The fraction of sp³-hybridized carbons (Fsp3) is 0.600. The second-order valence-corrected chi connectivity index (χ2v) is 4.37. The average molecular weight is 211 g/mol. The van der Waals surface area contributed by atoms with Gasteiger partial charge in [0.05, 0.1) is 11.7 Å². The summed E-state index contributed by atoms with van der Waals surface area (Å²) in [5.41, 5.74) is 0.302. The Bertz CT molecular complexity index is 314. The molecule has 2 N–H and O–H groups in total. The molecular weight excluding hydrogens is 194 g/mol. The molecule has 1 rings (SSSR count). The van der Waals surface area contributed by atoms with E-state index in [1.165, 1.54) is 0 Å². The highest BCUT2D eigenvalue weighted by Gasteiger charge is 2.18. The van der Waals surface area contributed by atoms with E-state index in [2.05, 4.69) is 15.5 Å². The number of carbonyl (C=O) groups is 1. The Kier molecular flexibility index (Phi) is 3.34. The number of aromatic amines is 1. The van der Waals surface area contributed by atoms with Gasteiger partial charge in [0.2, 0.25) is 0 Å². The highest BCUT2D eigenvalue weighted by molar-refractivity contribution is 5.68. The Morgan fingerprint density at radius 2 is 2.27 bits per heavy atom. The molecule has 0 fully saturated rings. The van der Waals surface area contributed by atoms with Crippen LogP contribution in [0.3, 0.4) is 0 Å². The van der Waals surface area contributed by atoms with Crippen LogP contribution in [-0.4, -0.2) is 21.9 Å². The van der Waals surface area contributed by atoms with Crippen molar-refractivity contribution >= 4 is 6.09 Å². The summed E-state index contributed by atoms with van der Waals surface area (Å²) in [4.78, 5) is 11.4. The van der Waals surface area contributed by atoms with Crippen LogP contribution in [0.15, 0.2) is 12.3 Å². The summed E-state index contributed by atoms with van der Waals surface area (Å²) >= 11 is 0. The van der Waals surface area contributed by atoms with E-state index in [-0.39, 0.29) is 6.04 Å². The van der Waals surface area contributed by atoms with Gasteiger partial charge in [0.1, 0.15) is 5.60 Å². The van der Waals surface area contributed by atoms with Gasteiger partial charge in [-0.25, -0.2) is 4.79 Å². The van der Waals surface area contributed by atoms with Crippen molar-refractivity contribution in [2.75, 3.05) is 0 Å². The average Bonchev–Trinajstić information content (AvgIpc) is 2.50. The highest BCUT2D eigenvalue weighted by Crippen LogP contribution is 2.11. The van der Waals surface area contributed by atoms with Crippen LogP contribution in [0.4, 0.5) is 4.79 Å². The lowest BCUT2D eigenvalue weighted by Gasteiger charge is -2.21. The zero-order valence-electron chi connectivity index (χ0n) is 9.50. The molecule has 1 amide bonds. The highest BCUT2D eigenvalue weighted by atomic mass is 16.6. The van der Waals surface area contributed by atoms with E-state index in [0.717, 1.165) is 5.69 Å². The molecule has 5 nitrogen and oxygen atoms in total. The van der Waals surface area contributed by atoms with Gasteiger partial charge in [-0.15, -0.1) is 0 Å². The Balaban J connectivity index is 2.45. The smallest absolute Gasteiger partial charge is 0.408 e. The monoisotopic (exact) mass is 211 g/mol. The van der Waals surface area contributed by atoms with E-state index in [1.807, 2.05) is 33.8 Å². The minimum atomic E-state index is -0.477. The van der Waals surface area contributed by atoms with Crippen LogP contribution in [0.1, 0.15) is 39.4 Å². The number of H-pyrrole nitrogens is 1. The minimum Gasteiger partial charge on any atom is -0.444 e. The van der Waals surface area contributed by atoms with Crippen LogP contribution in [0, 0.1) is 0 Å². The first-order valence-electron chi connectivity index (χ1n) is 4.87. The molecular formula is C10H17N3O2. The zero-order valence-corrected chi connectivity index (χ0v) is 9.50.